The van der Waals surface area contributed by atoms with Crippen LogP contribution in [0.25, 0.3) is 16.8 Å². The zero-order chi connectivity index (χ0) is 28.9. The molecule has 0 spiro atoms. The van der Waals surface area contributed by atoms with Gasteiger partial charge in [0.15, 0.2) is 11.4 Å². The van der Waals surface area contributed by atoms with Crippen LogP contribution in [-0.2, 0) is 4.65 Å². The van der Waals surface area contributed by atoms with Crippen molar-refractivity contribution in [2.75, 3.05) is 12.4 Å². The first-order valence-corrected chi connectivity index (χ1v) is 14.2. The maximum absolute atomic E-state index is 11.3. The summed E-state index contributed by atoms with van der Waals surface area (Å²) in [6, 6.07) is 36.3. The van der Waals surface area contributed by atoms with Crippen molar-refractivity contribution in [2.45, 2.75) is 0 Å². The van der Waals surface area contributed by atoms with Crippen LogP contribution < -0.4 is 16.0 Å². The van der Waals surface area contributed by atoms with Crippen LogP contribution in [0.3, 0.4) is 0 Å². The lowest BCUT2D eigenvalue weighted by atomic mass is 9.70. The highest BCUT2D eigenvalue weighted by Crippen LogP contribution is 2.42. The number of nitrogens with zero attached hydrogens (tertiary/aromatic N) is 4. The third kappa shape index (κ3) is 2.96. The Balaban J connectivity index is 1.41. The van der Waals surface area contributed by atoms with E-state index in [-0.39, 0.29) is 10.6 Å². The van der Waals surface area contributed by atoms with E-state index in [4.69, 9.17) is 4.65 Å². The predicted octanol–water partition coefficient (Wildman–Crippen LogP) is 4.27. The van der Waals surface area contributed by atoms with E-state index in [2.05, 4.69) is 104 Å². The maximum atomic E-state index is 11.3. The average Bonchev–Trinajstić information content (AvgIpc) is 3.80. The smallest absolute Gasteiger partial charge is 0.492 e. The Hall–Kier alpha value is -5.67. The van der Waals surface area contributed by atoms with E-state index in [9.17, 15) is 10.1 Å². The number of nitro groups is 1. The number of hydrogen-bond acceptors (Lipinski definition) is 4. The van der Waals surface area contributed by atoms with Gasteiger partial charge in [-0.2, -0.15) is 0 Å². The summed E-state index contributed by atoms with van der Waals surface area (Å²) in [7, 11) is 1.80. The van der Waals surface area contributed by atoms with Gasteiger partial charge in [-0.25, -0.2) is 0 Å². The molecular weight excluding hydrogens is 537 g/mol. The molecule has 0 saturated heterocycles. The summed E-state index contributed by atoms with van der Waals surface area (Å²) in [5, 5.41) is 17.1. The summed E-state index contributed by atoms with van der Waals surface area (Å²) in [5.74, 6) is 0. The van der Waals surface area contributed by atoms with Crippen LogP contribution in [0.5, 0.6) is 0 Å². The maximum Gasteiger partial charge on any atom is 0.632 e. The third-order valence-electron chi connectivity index (χ3n) is 9.09. The van der Waals surface area contributed by atoms with Gasteiger partial charge in [-0.1, -0.05) is 60.7 Å². The Morgan fingerprint density at radius 3 is 2.02 bits per heavy atom. The Bertz CT molecular complexity index is 2260. The first-order valence-electron chi connectivity index (χ1n) is 14.2. The van der Waals surface area contributed by atoms with Gasteiger partial charge < -0.3 is 23.4 Å². The van der Waals surface area contributed by atoms with Crippen LogP contribution in [0.4, 0.5) is 11.4 Å². The molecule has 0 aliphatic carbocycles. The number of benzene rings is 3. The second-order valence-corrected chi connectivity index (χ2v) is 11.1. The topological polar surface area (TPSA) is 77.3 Å². The molecule has 43 heavy (non-hydrogen) atoms. The standard InChI is InChI=1S/C34H24BN5O3/c1-43-35-37-26-16-17-27(37)33(23-10-6-3-7-11-23)29-19-21-31(39(29)35)34(36-24-12-14-25(15-13-24)40(41)42)30-20-18-28(38(30)35)32(26)22-8-4-2-5-9-22/h2-21,36H,1H3. The normalized spacial score (nSPS) is 18.8. The second-order valence-electron chi connectivity index (χ2n) is 11.1. The molecule has 4 aliphatic rings. The van der Waals surface area contributed by atoms with E-state index in [1.54, 1.807) is 19.2 Å². The number of anilines is 1. The Morgan fingerprint density at radius 1 is 0.744 bits per heavy atom. The summed E-state index contributed by atoms with van der Waals surface area (Å²) in [6.07, 6.45) is 4.32. The van der Waals surface area contributed by atoms with Crippen molar-refractivity contribution >= 4 is 40.7 Å². The molecule has 0 amide bonds. The number of non-ortho nitro benzene ring substituents is 1. The van der Waals surface area contributed by atoms with Gasteiger partial charge in [0.25, 0.3) is 5.69 Å². The van der Waals surface area contributed by atoms with Crippen molar-refractivity contribution in [1.82, 2.24) is 8.96 Å². The monoisotopic (exact) mass is 561 g/mol. The molecule has 1 atom stereocenters. The van der Waals surface area contributed by atoms with Crippen molar-refractivity contribution in [3.63, 3.8) is 0 Å². The highest BCUT2D eigenvalue weighted by atomic mass is 16.6. The highest BCUT2D eigenvalue weighted by Gasteiger charge is 2.59. The summed E-state index contributed by atoms with van der Waals surface area (Å²) in [5.41, 5.74) is 10.3. The lowest BCUT2D eigenvalue weighted by Crippen LogP contribution is -2.73. The molecule has 0 bridgehead atoms. The molecule has 1 unspecified atom stereocenters. The van der Waals surface area contributed by atoms with Crippen LogP contribution in [0.15, 0.2) is 127 Å². The van der Waals surface area contributed by atoms with Gasteiger partial charge in [-0.3, -0.25) is 10.1 Å². The van der Waals surface area contributed by atoms with Crippen molar-refractivity contribution in [1.29, 1.82) is 0 Å². The van der Waals surface area contributed by atoms with E-state index in [0.29, 0.717) is 0 Å². The van der Waals surface area contributed by atoms with Gasteiger partial charge in [0, 0.05) is 57.6 Å². The largest absolute Gasteiger partial charge is 0.632 e. The van der Waals surface area contributed by atoms with Gasteiger partial charge in [0.05, 0.1) is 10.5 Å². The van der Waals surface area contributed by atoms with Gasteiger partial charge in [0.2, 0.25) is 0 Å². The molecule has 3 aromatic carbocycles. The highest BCUT2D eigenvalue weighted by molar-refractivity contribution is 6.66. The fraction of sp³-hybridized carbons (Fsp3) is 0.0294. The Morgan fingerprint density at radius 2 is 1.37 bits per heavy atom. The van der Waals surface area contributed by atoms with Gasteiger partial charge in [-0.05, 0) is 54.6 Å². The molecular formula is C34H24BN5O3. The molecule has 1 N–H and O–H groups in total. The fourth-order valence-corrected chi connectivity index (χ4v) is 7.45. The fourth-order valence-electron chi connectivity index (χ4n) is 7.45. The van der Waals surface area contributed by atoms with E-state index in [1.165, 1.54) is 12.1 Å². The van der Waals surface area contributed by atoms with E-state index < -0.39 is 6.75 Å². The first-order chi connectivity index (χ1) is 21.1. The first kappa shape index (κ1) is 24.0. The van der Waals surface area contributed by atoms with Gasteiger partial charge >= 0.3 is 6.75 Å². The van der Waals surface area contributed by atoms with Crippen molar-refractivity contribution in [3.8, 4) is 0 Å². The zero-order valence-electron chi connectivity index (χ0n) is 23.1. The van der Waals surface area contributed by atoms with E-state index >= 15 is 0 Å². The minimum Gasteiger partial charge on any atom is -0.492 e. The summed E-state index contributed by atoms with van der Waals surface area (Å²) in [4.78, 5) is 10.9. The van der Waals surface area contributed by atoms with E-state index in [0.717, 1.165) is 67.2 Å². The zero-order valence-corrected chi connectivity index (χ0v) is 23.1. The lowest BCUT2D eigenvalue weighted by Gasteiger charge is -2.47. The lowest BCUT2D eigenvalue weighted by molar-refractivity contribution is -0.384. The predicted molar refractivity (Wildman–Crippen MR) is 167 cm³/mol. The third-order valence-corrected chi connectivity index (χ3v) is 9.09. The molecule has 0 radical (unpaired) electrons. The summed E-state index contributed by atoms with van der Waals surface area (Å²) < 4.78 is 13.8. The molecule has 9 rings (SSSR count). The molecule has 206 valence electrons. The average molecular weight is 561 g/mol. The molecule has 4 aliphatic heterocycles. The summed E-state index contributed by atoms with van der Waals surface area (Å²) in [6.45, 7) is -1.98. The Labute approximate surface area is 246 Å². The van der Waals surface area contributed by atoms with Gasteiger partial charge in [0.1, 0.15) is 5.70 Å². The van der Waals surface area contributed by atoms with Crippen molar-refractivity contribution in [2.24, 2.45) is 0 Å². The molecule has 8 nitrogen and oxygen atoms in total. The van der Waals surface area contributed by atoms with Crippen LogP contribution in [-0.4, -0.2) is 37.9 Å². The minimum absolute atomic E-state index is 0.0536. The SMILES string of the molecule is CO[B-]12n3c4ccc3C(c3ccccc3)=c3ccc(n31)=C(c1ccccc1)C1=[N+]2C(=C4Nc2ccc([N+](=O)[O-])cc2)C=C1. The number of nitrogens with one attached hydrogen (secondary N) is 1. The number of allylic oxidation sites excluding steroid dienone is 2. The second kappa shape index (κ2) is 8.44. The molecule has 2 aromatic heterocycles. The molecule has 0 fully saturated rings. The number of hydrogen-bond donors (Lipinski definition) is 1. The molecule has 5 aromatic rings. The molecule has 0 saturated carbocycles. The van der Waals surface area contributed by atoms with Crippen molar-refractivity contribution < 1.29 is 14.1 Å². The van der Waals surface area contributed by atoms with Crippen LogP contribution >= 0.6 is 0 Å². The van der Waals surface area contributed by atoms with E-state index in [1.807, 2.05) is 12.1 Å². The number of aromatic nitrogens is 2. The molecule has 6 heterocycles. The number of nitro benzene ring substituents is 1. The number of rotatable bonds is 6. The van der Waals surface area contributed by atoms with Crippen LogP contribution in [0.2, 0.25) is 0 Å². The summed E-state index contributed by atoms with van der Waals surface area (Å²) >= 11 is 0. The van der Waals surface area contributed by atoms with Crippen LogP contribution in [0, 0.1) is 10.1 Å². The van der Waals surface area contributed by atoms with Gasteiger partial charge in [-0.15, -0.1) is 0 Å². The van der Waals surface area contributed by atoms with Crippen LogP contribution in [0.1, 0.15) is 22.5 Å². The Kier molecular flexibility index (Phi) is 4.70. The molecule has 9 heteroatoms. The van der Waals surface area contributed by atoms with Crippen molar-refractivity contribution in [3.05, 3.63) is 170 Å². The quantitative estimate of drug-likeness (QED) is 0.191. The minimum atomic E-state index is -1.98.